The molecular weight excluding hydrogens is 476 g/mol. The van der Waals surface area contributed by atoms with Crippen LogP contribution >= 0.6 is 0 Å². The Hall–Kier alpha value is -4.63. The molecule has 1 aliphatic rings. The molecule has 7 rings (SSSR count). The van der Waals surface area contributed by atoms with Crippen molar-refractivity contribution >= 4 is 21.9 Å². The Morgan fingerprint density at radius 2 is 1.82 bits per heavy atom. The fraction of sp³-hybridized carbons (Fsp3) is 0.207. The van der Waals surface area contributed by atoms with Crippen LogP contribution in [0, 0.1) is 0 Å². The monoisotopic (exact) mass is 502 g/mol. The van der Waals surface area contributed by atoms with E-state index in [1.54, 1.807) is 18.6 Å². The number of imidazole rings is 1. The van der Waals surface area contributed by atoms with Crippen molar-refractivity contribution in [2.45, 2.75) is 12.8 Å². The van der Waals surface area contributed by atoms with E-state index in [4.69, 9.17) is 9.72 Å². The number of rotatable bonds is 7. The number of benzene rings is 1. The van der Waals surface area contributed by atoms with E-state index in [-0.39, 0.29) is 0 Å². The summed E-state index contributed by atoms with van der Waals surface area (Å²) in [7, 11) is 0. The summed E-state index contributed by atoms with van der Waals surface area (Å²) in [5, 5.41) is 8.60. The lowest BCUT2D eigenvalue weighted by atomic mass is 10.1. The summed E-state index contributed by atoms with van der Waals surface area (Å²) in [5.74, 6) is 1.44. The second kappa shape index (κ2) is 9.68. The Morgan fingerprint density at radius 1 is 0.895 bits per heavy atom. The Morgan fingerprint density at radius 3 is 2.71 bits per heavy atom. The number of pyridine rings is 3. The van der Waals surface area contributed by atoms with Crippen molar-refractivity contribution in [3.05, 3.63) is 73.4 Å². The number of nitrogens with one attached hydrogen (secondary N) is 2. The molecule has 6 aromatic rings. The average Bonchev–Trinajstić information content (AvgIpc) is 3.73. The molecule has 9 nitrogen and oxygen atoms in total. The third kappa shape index (κ3) is 4.26. The van der Waals surface area contributed by atoms with Crippen molar-refractivity contribution in [2.75, 3.05) is 26.2 Å². The molecule has 0 amide bonds. The van der Waals surface area contributed by atoms with Crippen LogP contribution in [0.1, 0.15) is 12.8 Å². The molecule has 0 spiro atoms. The van der Waals surface area contributed by atoms with Crippen molar-refractivity contribution < 1.29 is 4.74 Å². The van der Waals surface area contributed by atoms with Gasteiger partial charge in [-0.15, -0.1) is 0 Å². The van der Waals surface area contributed by atoms with E-state index in [0.717, 1.165) is 75.4 Å². The smallest absolute Gasteiger partial charge is 0.159 e. The lowest BCUT2D eigenvalue weighted by Gasteiger charge is -2.15. The second-order valence-electron chi connectivity index (χ2n) is 9.52. The lowest BCUT2D eigenvalue weighted by molar-refractivity contribution is 0.237. The maximum atomic E-state index is 6.01. The van der Waals surface area contributed by atoms with Crippen LogP contribution in [0.25, 0.3) is 55.8 Å². The number of aromatic amines is 2. The number of ether oxygens (including phenoxy) is 1. The minimum absolute atomic E-state index is 0.649. The molecule has 38 heavy (non-hydrogen) atoms. The van der Waals surface area contributed by atoms with Gasteiger partial charge in [0.25, 0.3) is 0 Å². The van der Waals surface area contributed by atoms with Crippen LogP contribution in [0.5, 0.6) is 5.75 Å². The lowest BCUT2D eigenvalue weighted by Crippen LogP contribution is -2.25. The molecule has 1 saturated heterocycles. The SMILES string of the molecule is c1cncc(-c2cccc3[nH]c(-c4n[nH]c5cnc(-c6cncc(OCCN7CCCC7)c6)cc45)nc23)c1. The van der Waals surface area contributed by atoms with Gasteiger partial charge in [0, 0.05) is 47.2 Å². The molecule has 1 aliphatic heterocycles. The highest BCUT2D eigenvalue weighted by Crippen LogP contribution is 2.32. The van der Waals surface area contributed by atoms with Crippen LogP contribution in [0.15, 0.2) is 73.4 Å². The Labute approximate surface area is 219 Å². The van der Waals surface area contributed by atoms with E-state index in [2.05, 4.69) is 41.1 Å². The highest BCUT2D eigenvalue weighted by Gasteiger charge is 2.17. The number of aromatic nitrogens is 7. The summed E-state index contributed by atoms with van der Waals surface area (Å²) in [5.41, 5.74) is 7.12. The van der Waals surface area contributed by atoms with Gasteiger partial charge in [-0.2, -0.15) is 5.10 Å². The van der Waals surface area contributed by atoms with Crippen molar-refractivity contribution in [2.24, 2.45) is 0 Å². The predicted octanol–water partition coefficient (Wildman–Crippen LogP) is 5.10. The number of hydrogen-bond acceptors (Lipinski definition) is 7. The van der Waals surface area contributed by atoms with Crippen LogP contribution in [-0.4, -0.2) is 66.3 Å². The molecule has 1 aromatic carbocycles. The molecule has 0 unspecified atom stereocenters. The van der Waals surface area contributed by atoms with E-state index < -0.39 is 0 Å². The molecule has 188 valence electrons. The van der Waals surface area contributed by atoms with Gasteiger partial charge in [-0.25, -0.2) is 4.98 Å². The molecule has 9 heteroatoms. The number of hydrogen-bond donors (Lipinski definition) is 2. The first-order valence-electron chi connectivity index (χ1n) is 12.9. The largest absolute Gasteiger partial charge is 0.491 e. The molecule has 1 fully saturated rings. The summed E-state index contributed by atoms with van der Waals surface area (Å²) in [4.78, 5) is 24.1. The van der Waals surface area contributed by atoms with Crippen molar-refractivity contribution in [1.29, 1.82) is 0 Å². The van der Waals surface area contributed by atoms with Crippen molar-refractivity contribution in [3.63, 3.8) is 0 Å². The van der Waals surface area contributed by atoms with Crippen LogP contribution in [0.3, 0.4) is 0 Å². The molecule has 5 aromatic heterocycles. The summed E-state index contributed by atoms with van der Waals surface area (Å²) >= 11 is 0. The van der Waals surface area contributed by atoms with Gasteiger partial charge < -0.3 is 9.72 Å². The van der Waals surface area contributed by atoms with E-state index in [9.17, 15) is 0 Å². The van der Waals surface area contributed by atoms with Crippen molar-refractivity contribution in [1.82, 2.24) is 40.0 Å². The van der Waals surface area contributed by atoms with Gasteiger partial charge in [-0.3, -0.25) is 25.0 Å². The fourth-order valence-corrected chi connectivity index (χ4v) is 5.09. The summed E-state index contributed by atoms with van der Waals surface area (Å²) in [6.07, 6.45) is 11.5. The van der Waals surface area contributed by atoms with Crippen molar-refractivity contribution in [3.8, 4) is 39.7 Å². The Balaban J connectivity index is 1.20. The average molecular weight is 503 g/mol. The maximum absolute atomic E-state index is 6.01. The van der Waals surface area contributed by atoms with E-state index in [0.29, 0.717) is 12.4 Å². The zero-order chi connectivity index (χ0) is 25.3. The second-order valence-corrected chi connectivity index (χ2v) is 9.52. The zero-order valence-electron chi connectivity index (χ0n) is 20.8. The number of fused-ring (bicyclic) bond motifs is 2. The molecule has 0 aliphatic carbocycles. The first kappa shape index (κ1) is 22.6. The number of para-hydroxylation sites is 1. The Kier molecular flexibility index (Phi) is 5.75. The van der Waals surface area contributed by atoms with Crippen LogP contribution in [0.2, 0.25) is 0 Å². The standard InChI is InChI=1S/C29H26N8O/c1-2-10-37(9-1)11-12-38-21-13-20(16-31-17-21)25-14-23-26(18-32-25)35-36-28(23)29-33-24-7-3-6-22(27(24)34-29)19-5-4-8-30-15-19/h3-8,13-18H,1-2,9-12H2,(H,33,34)(H,35,36). The molecule has 0 bridgehead atoms. The van der Waals surface area contributed by atoms with E-state index >= 15 is 0 Å². The minimum Gasteiger partial charge on any atom is -0.491 e. The maximum Gasteiger partial charge on any atom is 0.159 e. The zero-order valence-corrected chi connectivity index (χ0v) is 20.8. The quantitative estimate of drug-likeness (QED) is 0.313. The number of H-pyrrole nitrogens is 2. The molecular formula is C29H26N8O. The fourth-order valence-electron chi connectivity index (χ4n) is 5.09. The molecule has 0 saturated carbocycles. The van der Waals surface area contributed by atoms with Gasteiger partial charge in [0.05, 0.1) is 34.6 Å². The van der Waals surface area contributed by atoms with Crippen LogP contribution < -0.4 is 4.74 Å². The van der Waals surface area contributed by atoms with Gasteiger partial charge in [-0.05, 0) is 50.2 Å². The summed E-state index contributed by atoms with van der Waals surface area (Å²) in [6, 6.07) is 14.1. The molecule has 0 atom stereocenters. The van der Waals surface area contributed by atoms with Crippen LogP contribution in [0.4, 0.5) is 0 Å². The summed E-state index contributed by atoms with van der Waals surface area (Å²) < 4.78 is 6.01. The Bertz CT molecular complexity index is 1720. The molecule has 0 radical (unpaired) electrons. The summed E-state index contributed by atoms with van der Waals surface area (Å²) in [6.45, 7) is 3.91. The van der Waals surface area contributed by atoms with Crippen LogP contribution in [-0.2, 0) is 0 Å². The highest BCUT2D eigenvalue weighted by atomic mass is 16.5. The third-order valence-electron chi connectivity index (χ3n) is 7.04. The van der Waals surface area contributed by atoms with Gasteiger partial charge in [0.1, 0.15) is 18.1 Å². The van der Waals surface area contributed by atoms with Gasteiger partial charge in [-0.1, -0.05) is 18.2 Å². The first-order valence-corrected chi connectivity index (χ1v) is 12.9. The highest BCUT2D eigenvalue weighted by molar-refractivity contribution is 5.97. The van der Waals surface area contributed by atoms with Gasteiger partial charge in [0.15, 0.2) is 5.82 Å². The first-order chi connectivity index (χ1) is 18.8. The minimum atomic E-state index is 0.649. The normalized spacial score (nSPS) is 14.0. The van der Waals surface area contributed by atoms with E-state index in [1.807, 2.05) is 48.8 Å². The number of nitrogens with zero attached hydrogens (tertiary/aromatic N) is 6. The van der Waals surface area contributed by atoms with E-state index in [1.165, 1.54) is 12.8 Å². The number of likely N-dealkylation sites (tertiary alicyclic amines) is 1. The third-order valence-corrected chi connectivity index (χ3v) is 7.04. The topological polar surface area (TPSA) is 108 Å². The van der Waals surface area contributed by atoms with Gasteiger partial charge in [0.2, 0.25) is 0 Å². The van der Waals surface area contributed by atoms with Gasteiger partial charge >= 0.3 is 0 Å². The predicted molar refractivity (Wildman–Crippen MR) is 147 cm³/mol. The molecule has 2 N–H and O–H groups in total. The molecule has 6 heterocycles.